The second-order valence-electron chi connectivity index (χ2n) is 9.08. The van der Waals surface area contributed by atoms with Crippen LogP contribution >= 0.6 is 0 Å². The fourth-order valence-corrected chi connectivity index (χ4v) is 3.94. The summed E-state index contributed by atoms with van der Waals surface area (Å²) in [5, 5.41) is 10.8. The number of nitrogens with zero attached hydrogens (tertiary/aromatic N) is 1. The molecule has 1 N–H and O–H groups in total. The number of aromatic hydroxyl groups is 1. The number of piperidine rings is 1. The summed E-state index contributed by atoms with van der Waals surface area (Å²) >= 11 is 0. The van der Waals surface area contributed by atoms with Crippen LogP contribution in [0.3, 0.4) is 0 Å². The van der Waals surface area contributed by atoms with Crippen molar-refractivity contribution in [2.45, 2.75) is 52.0 Å². The summed E-state index contributed by atoms with van der Waals surface area (Å²) in [6.07, 6.45) is 4.90. The lowest BCUT2D eigenvalue weighted by Gasteiger charge is -2.26. The van der Waals surface area contributed by atoms with Gasteiger partial charge >= 0.3 is 0 Å². The van der Waals surface area contributed by atoms with E-state index in [9.17, 15) is 9.90 Å². The van der Waals surface area contributed by atoms with Gasteiger partial charge in [0.05, 0.1) is 10.9 Å². The van der Waals surface area contributed by atoms with Crippen molar-refractivity contribution in [2.24, 2.45) is 0 Å². The highest BCUT2D eigenvalue weighted by molar-refractivity contribution is 5.83. The van der Waals surface area contributed by atoms with E-state index in [-0.39, 0.29) is 22.3 Å². The van der Waals surface area contributed by atoms with E-state index in [4.69, 9.17) is 9.15 Å². The average molecular weight is 408 g/mol. The minimum Gasteiger partial charge on any atom is -0.507 e. The molecule has 158 valence electrons. The molecule has 0 unspecified atom stereocenters. The molecule has 1 saturated heterocycles. The molecule has 1 fully saturated rings. The third-order valence-electron chi connectivity index (χ3n) is 5.77. The first-order chi connectivity index (χ1) is 14.3. The number of ether oxygens (including phenoxy) is 1. The van der Waals surface area contributed by atoms with Crippen molar-refractivity contribution < 1.29 is 14.3 Å². The number of benzene rings is 2. The van der Waals surface area contributed by atoms with Crippen LogP contribution in [-0.4, -0.2) is 23.1 Å². The number of rotatable bonds is 4. The Hall–Kier alpha value is -2.79. The molecule has 1 aromatic heterocycles. The number of hydrogen-bond acceptors (Lipinski definition) is 5. The van der Waals surface area contributed by atoms with Crippen molar-refractivity contribution in [3.63, 3.8) is 0 Å². The van der Waals surface area contributed by atoms with Crippen molar-refractivity contribution >= 4 is 11.0 Å². The van der Waals surface area contributed by atoms with Crippen LogP contribution in [-0.2, 0) is 12.0 Å². The Morgan fingerprint density at radius 3 is 2.40 bits per heavy atom. The van der Waals surface area contributed by atoms with Gasteiger partial charge in [-0.15, -0.1) is 0 Å². The maximum atomic E-state index is 13.0. The van der Waals surface area contributed by atoms with E-state index in [0.717, 1.165) is 25.9 Å². The lowest BCUT2D eigenvalue weighted by molar-refractivity contribution is 0.218. The monoisotopic (exact) mass is 407 g/mol. The first-order valence-electron chi connectivity index (χ1n) is 10.6. The van der Waals surface area contributed by atoms with Crippen molar-refractivity contribution in [1.82, 2.24) is 4.90 Å². The smallest absolute Gasteiger partial charge is 0.235 e. The third-order valence-corrected chi connectivity index (χ3v) is 5.77. The summed E-state index contributed by atoms with van der Waals surface area (Å²) in [5.74, 6) is 0.880. The van der Waals surface area contributed by atoms with Gasteiger partial charge in [-0.3, -0.25) is 9.69 Å². The highest BCUT2D eigenvalue weighted by Gasteiger charge is 2.19. The molecule has 2 heterocycles. The fraction of sp³-hybridized carbons (Fsp3) is 0.400. The molecular weight excluding hydrogens is 378 g/mol. The summed E-state index contributed by atoms with van der Waals surface area (Å²) in [6, 6.07) is 10.9. The molecule has 4 rings (SSSR count). The number of phenols is 1. The van der Waals surface area contributed by atoms with Crippen LogP contribution in [0.15, 0.2) is 51.9 Å². The lowest BCUT2D eigenvalue weighted by Crippen LogP contribution is -2.29. The quantitative estimate of drug-likeness (QED) is 0.612. The standard InChI is InChI=1S/C25H29NO4/c1-25(2,3)17-7-9-18(10-8-17)30-22-16-29-24-19(23(22)28)11-12-21(27)20(24)15-26-13-5-4-6-14-26/h7-12,16,27H,4-6,13-15H2,1-3H3. The molecule has 5 heteroatoms. The Morgan fingerprint density at radius 1 is 1.03 bits per heavy atom. The van der Waals surface area contributed by atoms with Crippen molar-refractivity contribution in [3.8, 4) is 17.2 Å². The van der Waals surface area contributed by atoms with E-state index in [2.05, 4.69) is 25.7 Å². The molecule has 2 aromatic carbocycles. The van der Waals surface area contributed by atoms with E-state index in [1.165, 1.54) is 18.2 Å². The molecule has 0 amide bonds. The maximum absolute atomic E-state index is 13.0. The van der Waals surface area contributed by atoms with Crippen LogP contribution in [0.1, 0.15) is 51.2 Å². The Bertz CT molecular complexity index is 1090. The van der Waals surface area contributed by atoms with Gasteiger partial charge in [-0.05, 0) is 61.2 Å². The van der Waals surface area contributed by atoms with Gasteiger partial charge in [-0.2, -0.15) is 0 Å². The summed E-state index contributed by atoms with van der Waals surface area (Å²) < 4.78 is 11.6. The molecule has 3 aromatic rings. The zero-order valence-corrected chi connectivity index (χ0v) is 17.9. The second-order valence-corrected chi connectivity index (χ2v) is 9.08. The van der Waals surface area contributed by atoms with Crippen LogP contribution < -0.4 is 10.2 Å². The van der Waals surface area contributed by atoms with Crippen molar-refractivity contribution in [1.29, 1.82) is 0 Å². The van der Waals surface area contributed by atoms with E-state index < -0.39 is 0 Å². The molecule has 0 atom stereocenters. The SMILES string of the molecule is CC(C)(C)c1ccc(Oc2coc3c(CN4CCCCC4)c(O)ccc3c2=O)cc1. The van der Waals surface area contributed by atoms with Crippen molar-refractivity contribution in [2.75, 3.05) is 13.1 Å². The molecule has 0 radical (unpaired) electrons. The minimum absolute atomic E-state index is 0.0489. The zero-order valence-electron chi connectivity index (χ0n) is 17.9. The summed E-state index contributed by atoms with van der Waals surface area (Å²) in [4.78, 5) is 15.3. The second kappa shape index (κ2) is 8.15. The fourth-order valence-electron chi connectivity index (χ4n) is 3.94. The number of hydrogen-bond donors (Lipinski definition) is 1. The molecule has 1 aliphatic heterocycles. The first kappa shape index (κ1) is 20.5. The Labute approximate surface area is 176 Å². The van der Waals surface area contributed by atoms with Gasteiger partial charge in [0.1, 0.15) is 23.3 Å². The van der Waals surface area contributed by atoms with Gasteiger partial charge in [0.15, 0.2) is 0 Å². The highest BCUT2D eigenvalue weighted by atomic mass is 16.5. The van der Waals surface area contributed by atoms with Crippen LogP contribution in [0.4, 0.5) is 0 Å². The topological polar surface area (TPSA) is 62.9 Å². The largest absolute Gasteiger partial charge is 0.507 e. The average Bonchev–Trinajstić information content (AvgIpc) is 2.72. The molecule has 0 aliphatic carbocycles. The lowest BCUT2D eigenvalue weighted by atomic mass is 9.87. The van der Waals surface area contributed by atoms with Gasteiger partial charge in [-0.1, -0.05) is 39.3 Å². The van der Waals surface area contributed by atoms with Gasteiger partial charge in [0.2, 0.25) is 11.2 Å². The van der Waals surface area contributed by atoms with Crippen LogP contribution in [0.2, 0.25) is 0 Å². The molecule has 0 bridgehead atoms. The van der Waals surface area contributed by atoms with Crippen molar-refractivity contribution in [3.05, 3.63) is 64.0 Å². The van der Waals surface area contributed by atoms with Gasteiger partial charge in [-0.25, -0.2) is 0 Å². The molecule has 0 spiro atoms. The first-order valence-corrected chi connectivity index (χ1v) is 10.6. The summed E-state index contributed by atoms with van der Waals surface area (Å²) in [6.45, 7) is 9.01. The summed E-state index contributed by atoms with van der Waals surface area (Å²) in [5.41, 5.74) is 2.09. The van der Waals surface area contributed by atoms with Gasteiger partial charge in [0, 0.05) is 6.54 Å². The normalized spacial score (nSPS) is 15.4. The Kier molecular flexibility index (Phi) is 5.56. The Balaban J connectivity index is 1.64. The number of fused-ring (bicyclic) bond motifs is 1. The van der Waals surface area contributed by atoms with E-state index >= 15 is 0 Å². The van der Waals surface area contributed by atoms with E-state index in [1.54, 1.807) is 12.1 Å². The third kappa shape index (κ3) is 4.21. The van der Waals surface area contributed by atoms with Crippen LogP contribution in [0, 0.1) is 0 Å². The van der Waals surface area contributed by atoms with Gasteiger partial charge in [0.25, 0.3) is 0 Å². The van der Waals surface area contributed by atoms with Gasteiger partial charge < -0.3 is 14.3 Å². The van der Waals surface area contributed by atoms with Crippen LogP contribution in [0.25, 0.3) is 11.0 Å². The van der Waals surface area contributed by atoms with Crippen LogP contribution in [0.5, 0.6) is 17.2 Å². The maximum Gasteiger partial charge on any atom is 0.235 e. The molecular formula is C25H29NO4. The highest BCUT2D eigenvalue weighted by Crippen LogP contribution is 2.31. The molecule has 1 aliphatic rings. The number of phenolic OH excluding ortho intramolecular Hbond substituents is 1. The minimum atomic E-state index is -0.240. The molecule has 0 saturated carbocycles. The predicted octanol–water partition coefficient (Wildman–Crippen LogP) is 5.57. The molecule has 5 nitrogen and oxygen atoms in total. The number of likely N-dealkylation sites (tertiary alicyclic amines) is 1. The summed E-state index contributed by atoms with van der Waals surface area (Å²) in [7, 11) is 0. The zero-order chi connectivity index (χ0) is 21.3. The Morgan fingerprint density at radius 2 is 1.73 bits per heavy atom. The predicted molar refractivity (Wildman–Crippen MR) is 118 cm³/mol. The van der Waals surface area contributed by atoms with E-state index in [1.807, 2.05) is 24.3 Å². The molecule has 30 heavy (non-hydrogen) atoms. The van der Waals surface area contributed by atoms with E-state index in [0.29, 0.717) is 28.8 Å².